The molecule has 1 aliphatic carbocycles. The van der Waals surface area contributed by atoms with Gasteiger partial charge in [-0.15, -0.1) is 0 Å². The van der Waals surface area contributed by atoms with Crippen molar-refractivity contribution in [2.75, 3.05) is 0 Å². The molecule has 11 rings (SSSR count). The zero-order valence-electron chi connectivity index (χ0n) is 30.2. The van der Waals surface area contributed by atoms with Crippen LogP contribution >= 0.6 is 0 Å². The van der Waals surface area contributed by atoms with Gasteiger partial charge in [0.25, 0.3) is 0 Å². The molecule has 0 saturated carbocycles. The summed E-state index contributed by atoms with van der Waals surface area (Å²) in [7, 11) is 0. The standard InChI is InChI=1S/C50H32N4O2/c1-3-39(29-51-23-1)33-9-5-31(6-10-33)37-17-19-45-43(27-37)47-49(55-45)41(21-25-53-47)35-13-15-36(16-14-35)42-22-26-54-48-44-28-38(18-20-46(44)56-50(42)48)32-7-11-34(12-8-32)40-4-2-24-52-30-40/h1-7,9-11,13-30H,8,12H2. The lowest BCUT2D eigenvalue weighted by molar-refractivity contribution is 0.668. The van der Waals surface area contributed by atoms with E-state index in [9.17, 15) is 0 Å². The van der Waals surface area contributed by atoms with Gasteiger partial charge < -0.3 is 8.83 Å². The maximum atomic E-state index is 6.50. The number of benzene rings is 4. The number of pyridine rings is 4. The molecule has 6 heterocycles. The van der Waals surface area contributed by atoms with E-state index in [2.05, 4.69) is 113 Å². The maximum absolute atomic E-state index is 6.50. The molecule has 6 nitrogen and oxygen atoms in total. The number of aromatic nitrogens is 4. The third kappa shape index (κ3) is 5.50. The molecule has 0 bridgehead atoms. The molecule has 0 radical (unpaired) electrons. The number of fused-ring (bicyclic) bond motifs is 6. The Kier molecular flexibility index (Phi) is 7.52. The van der Waals surface area contributed by atoms with Crippen LogP contribution in [0.3, 0.4) is 0 Å². The third-order valence-electron chi connectivity index (χ3n) is 11.0. The van der Waals surface area contributed by atoms with Crippen LogP contribution in [0.4, 0.5) is 0 Å². The Bertz CT molecular complexity index is 3160. The number of hydrogen-bond donors (Lipinski definition) is 0. The van der Waals surface area contributed by atoms with Gasteiger partial charge in [-0.05, 0) is 117 Å². The van der Waals surface area contributed by atoms with Crippen LogP contribution in [-0.4, -0.2) is 19.9 Å². The summed E-state index contributed by atoms with van der Waals surface area (Å²) in [5.74, 6) is 0. The molecule has 1 aliphatic rings. The van der Waals surface area contributed by atoms with Gasteiger partial charge in [-0.1, -0.05) is 84.9 Å². The number of rotatable bonds is 6. The summed E-state index contributed by atoms with van der Waals surface area (Å²) in [5, 5.41) is 2.01. The molecule has 6 heteroatoms. The van der Waals surface area contributed by atoms with E-state index in [-0.39, 0.29) is 0 Å². The quantitative estimate of drug-likeness (QED) is 0.170. The Morgan fingerprint density at radius 1 is 0.393 bits per heavy atom. The summed E-state index contributed by atoms with van der Waals surface area (Å²) in [6.07, 6.45) is 17.6. The van der Waals surface area contributed by atoms with Gasteiger partial charge in [0, 0.05) is 59.1 Å². The minimum atomic E-state index is 0.774. The van der Waals surface area contributed by atoms with Crippen molar-refractivity contribution in [1.29, 1.82) is 0 Å². The van der Waals surface area contributed by atoms with E-state index in [1.165, 1.54) is 22.3 Å². The number of furan rings is 2. The highest BCUT2D eigenvalue weighted by Crippen LogP contribution is 2.40. The van der Waals surface area contributed by atoms with Crippen LogP contribution < -0.4 is 0 Å². The van der Waals surface area contributed by atoms with Crippen molar-refractivity contribution in [2.24, 2.45) is 0 Å². The summed E-state index contributed by atoms with van der Waals surface area (Å²) in [5.41, 5.74) is 18.5. The number of nitrogens with zero attached hydrogens (tertiary/aromatic N) is 4. The predicted octanol–water partition coefficient (Wildman–Crippen LogP) is 13.0. The monoisotopic (exact) mass is 720 g/mol. The first-order chi connectivity index (χ1) is 27.7. The van der Waals surface area contributed by atoms with E-state index in [4.69, 9.17) is 18.8 Å². The molecule has 0 atom stereocenters. The van der Waals surface area contributed by atoms with E-state index in [0.29, 0.717) is 0 Å². The van der Waals surface area contributed by atoms with Crippen molar-refractivity contribution >= 4 is 55.3 Å². The van der Waals surface area contributed by atoms with Crippen LogP contribution in [0.2, 0.25) is 0 Å². The van der Waals surface area contributed by atoms with Gasteiger partial charge in [0.05, 0.1) is 0 Å². The molecule has 264 valence electrons. The van der Waals surface area contributed by atoms with E-state index >= 15 is 0 Å². The van der Waals surface area contributed by atoms with E-state index in [0.717, 1.165) is 101 Å². The lowest BCUT2D eigenvalue weighted by Crippen LogP contribution is -1.94. The molecule has 0 spiro atoms. The van der Waals surface area contributed by atoms with Gasteiger partial charge in [-0.3, -0.25) is 19.9 Å². The van der Waals surface area contributed by atoms with E-state index < -0.39 is 0 Å². The Morgan fingerprint density at radius 3 is 1.39 bits per heavy atom. The van der Waals surface area contributed by atoms with Gasteiger partial charge in [-0.25, -0.2) is 0 Å². The largest absolute Gasteiger partial charge is 0.454 e. The van der Waals surface area contributed by atoms with Crippen molar-refractivity contribution in [3.05, 3.63) is 182 Å². The normalized spacial score (nSPS) is 13.1. The van der Waals surface area contributed by atoms with Crippen molar-refractivity contribution in [3.63, 3.8) is 0 Å². The van der Waals surface area contributed by atoms with Crippen molar-refractivity contribution in [2.45, 2.75) is 12.8 Å². The lowest BCUT2D eigenvalue weighted by atomic mass is 9.90. The molecule has 6 aromatic heterocycles. The smallest absolute Gasteiger partial charge is 0.161 e. The summed E-state index contributed by atoms with van der Waals surface area (Å²) >= 11 is 0. The molecule has 0 saturated heterocycles. The third-order valence-corrected chi connectivity index (χ3v) is 11.0. The summed E-state index contributed by atoms with van der Waals surface area (Å²) in [6.45, 7) is 0. The fourth-order valence-corrected chi connectivity index (χ4v) is 8.04. The zero-order valence-corrected chi connectivity index (χ0v) is 30.2. The minimum Gasteiger partial charge on any atom is -0.454 e. The van der Waals surface area contributed by atoms with Crippen molar-refractivity contribution in [1.82, 2.24) is 19.9 Å². The average molecular weight is 721 g/mol. The van der Waals surface area contributed by atoms with Gasteiger partial charge >= 0.3 is 0 Å². The average Bonchev–Trinajstić information content (AvgIpc) is 3.85. The fourth-order valence-electron chi connectivity index (χ4n) is 8.04. The van der Waals surface area contributed by atoms with Gasteiger partial charge in [0.15, 0.2) is 11.2 Å². The SMILES string of the molecule is C1=C(c2cccnc2)CCC(c2ccc3oc4c(-c5ccc(-c6ccnc7c6oc6ccc(-c8ccc(-c9cccnc9)cc8)cc67)cc5)ccnc4c3c2)=C1. The molecule has 0 fully saturated rings. The van der Waals surface area contributed by atoms with Crippen molar-refractivity contribution in [3.8, 4) is 44.5 Å². The Morgan fingerprint density at radius 2 is 0.857 bits per heavy atom. The minimum absolute atomic E-state index is 0.774. The van der Waals surface area contributed by atoms with E-state index in [1.807, 2.05) is 61.3 Å². The van der Waals surface area contributed by atoms with Crippen LogP contribution in [0.25, 0.3) is 99.8 Å². The second-order valence-corrected chi connectivity index (χ2v) is 14.2. The molecular weight excluding hydrogens is 689 g/mol. The highest BCUT2D eigenvalue weighted by molar-refractivity contribution is 6.10. The molecule has 0 amide bonds. The molecule has 0 N–H and O–H groups in total. The maximum Gasteiger partial charge on any atom is 0.161 e. The number of hydrogen-bond acceptors (Lipinski definition) is 6. The predicted molar refractivity (Wildman–Crippen MR) is 226 cm³/mol. The summed E-state index contributed by atoms with van der Waals surface area (Å²) in [6, 6.07) is 42.1. The molecule has 4 aromatic carbocycles. The van der Waals surface area contributed by atoms with Gasteiger partial charge in [-0.2, -0.15) is 0 Å². The first-order valence-corrected chi connectivity index (χ1v) is 18.8. The van der Waals surface area contributed by atoms with Crippen LogP contribution in [0.5, 0.6) is 0 Å². The molecular formula is C50H32N4O2. The molecule has 10 aromatic rings. The first-order valence-electron chi connectivity index (χ1n) is 18.8. The summed E-state index contributed by atoms with van der Waals surface area (Å²) in [4.78, 5) is 18.1. The Labute approximate surface area is 322 Å². The second kappa shape index (κ2) is 13.1. The number of allylic oxidation sites excluding steroid dienone is 4. The fraction of sp³-hybridized carbons (Fsp3) is 0.0400. The lowest BCUT2D eigenvalue weighted by Gasteiger charge is -2.15. The van der Waals surface area contributed by atoms with Gasteiger partial charge in [0.1, 0.15) is 22.2 Å². The van der Waals surface area contributed by atoms with Crippen molar-refractivity contribution < 1.29 is 8.83 Å². The summed E-state index contributed by atoms with van der Waals surface area (Å²) < 4.78 is 13.0. The van der Waals surface area contributed by atoms with Crippen LogP contribution in [0.1, 0.15) is 24.0 Å². The Hall–Kier alpha value is -7.44. The molecule has 56 heavy (non-hydrogen) atoms. The zero-order chi connectivity index (χ0) is 37.0. The van der Waals surface area contributed by atoms with Gasteiger partial charge in [0.2, 0.25) is 0 Å². The van der Waals surface area contributed by atoms with E-state index in [1.54, 1.807) is 6.20 Å². The topological polar surface area (TPSA) is 77.8 Å². The Balaban J connectivity index is 0.899. The van der Waals surface area contributed by atoms with Crippen LogP contribution in [0, 0.1) is 0 Å². The molecule has 0 unspecified atom stereocenters. The van der Waals surface area contributed by atoms with Crippen LogP contribution in [0.15, 0.2) is 179 Å². The van der Waals surface area contributed by atoms with Crippen LogP contribution in [-0.2, 0) is 0 Å². The highest BCUT2D eigenvalue weighted by atomic mass is 16.3. The highest BCUT2D eigenvalue weighted by Gasteiger charge is 2.18. The molecule has 0 aliphatic heterocycles. The first kappa shape index (κ1) is 32.0. The second-order valence-electron chi connectivity index (χ2n) is 14.2.